The van der Waals surface area contributed by atoms with Gasteiger partial charge in [0.05, 0.1) is 6.10 Å². The summed E-state index contributed by atoms with van der Waals surface area (Å²) < 4.78 is 0. The molecule has 0 radical (unpaired) electrons. The van der Waals surface area contributed by atoms with Crippen LogP contribution in [0.3, 0.4) is 0 Å². The maximum atomic E-state index is 11.0. The number of hydrogen-bond acceptors (Lipinski definition) is 3. The molecule has 0 amide bonds. The third-order valence-electron chi connectivity index (χ3n) is 11.7. The van der Waals surface area contributed by atoms with Crippen LogP contribution < -0.4 is 0 Å². The molecular formula is C27H43NO2. The normalized spacial score (nSPS) is 57.6. The zero-order chi connectivity index (χ0) is 20.8. The fourth-order valence-corrected chi connectivity index (χ4v) is 10.4. The Labute approximate surface area is 183 Å². The zero-order valence-corrected chi connectivity index (χ0v) is 19.4. The van der Waals surface area contributed by atoms with Crippen molar-refractivity contribution in [3.05, 3.63) is 11.6 Å². The van der Waals surface area contributed by atoms with E-state index in [1.54, 1.807) is 5.57 Å². The monoisotopic (exact) mass is 413 g/mol. The number of allylic oxidation sites excluding steroid dienone is 1. The van der Waals surface area contributed by atoms with Crippen LogP contribution in [0.1, 0.15) is 78.6 Å². The summed E-state index contributed by atoms with van der Waals surface area (Å²) >= 11 is 0. The molecule has 6 rings (SSSR count). The molecule has 168 valence electrons. The molecule has 3 heteroatoms. The van der Waals surface area contributed by atoms with E-state index in [2.05, 4.69) is 31.7 Å². The van der Waals surface area contributed by atoms with Crippen molar-refractivity contribution in [3.63, 3.8) is 0 Å². The van der Waals surface area contributed by atoms with Crippen LogP contribution in [0.15, 0.2) is 11.6 Å². The summed E-state index contributed by atoms with van der Waals surface area (Å²) in [5.41, 5.74) is 2.03. The molecule has 5 fully saturated rings. The molecule has 4 aliphatic carbocycles. The first kappa shape index (κ1) is 20.2. The van der Waals surface area contributed by atoms with Crippen molar-refractivity contribution >= 4 is 0 Å². The van der Waals surface area contributed by atoms with Gasteiger partial charge in [0.25, 0.3) is 0 Å². The van der Waals surface area contributed by atoms with E-state index in [0.717, 1.165) is 55.0 Å². The quantitative estimate of drug-likeness (QED) is 0.616. The number of aliphatic hydroxyl groups is 2. The summed E-state index contributed by atoms with van der Waals surface area (Å²) in [6.07, 6.45) is 13.3. The van der Waals surface area contributed by atoms with E-state index >= 15 is 0 Å². The Kier molecular flexibility index (Phi) is 4.60. The Morgan fingerprint density at radius 2 is 1.90 bits per heavy atom. The second kappa shape index (κ2) is 6.81. The molecule has 0 aromatic rings. The van der Waals surface area contributed by atoms with Crippen LogP contribution in [-0.4, -0.2) is 46.5 Å². The molecule has 0 unspecified atom stereocenters. The van der Waals surface area contributed by atoms with E-state index in [-0.39, 0.29) is 11.5 Å². The predicted octanol–water partition coefficient (Wildman–Crippen LogP) is 4.63. The second-order valence-corrected chi connectivity index (χ2v) is 12.7. The number of piperidine rings is 1. The fourth-order valence-electron chi connectivity index (χ4n) is 10.4. The summed E-state index contributed by atoms with van der Waals surface area (Å²) in [5.74, 6) is 4.48. The third kappa shape index (κ3) is 2.49. The lowest BCUT2D eigenvalue weighted by molar-refractivity contribution is -0.0890. The number of rotatable bonds is 1. The minimum absolute atomic E-state index is 0.120. The van der Waals surface area contributed by atoms with Crippen LogP contribution in [0.2, 0.25) is 0 Å². The molecule has 30 heavy (non-hydrogen) atoms. The Balaban J connectivity index is 1.35. The number of nitrogens with zero attached hydrogens (tertiary/aromatic N) is 1. The minimum atomic E-state index is -0.120. The van der Waals surface area contributed by atoms with E-state index in [4.69, 9.17) is 0 Å². The molecule has 2 saturated heterocycles. The van der Waals surface area contributed by atoms with Crippen LogP contribution in [0.4, 0.5) is 0 Å². The van der Waals surface area contributed by atoms with Gasteiger partial charge in [-0.1, -0.05) is 32.4 Å². The Morgan fingerprint density at radius 3 is 2.70 bits per heavy atom. The van der Waals surface area contributed by atoms with Crippen molar-refractivity contribution in [2.45, 2.75) is 96.7 Å². The van der Waals surface area contributed by atoms with Gasteiger partial charge < -0.3 is 10.2 Å². The van der Waals surface area contributed by atoms with Gasteiger partial charge in [0.1, 0.15) is 0 Å². The number of fused-ring (bicyclic) bond motifs is 9. The summed E-state index contributed by atoms with van der Waals surface area (Å²) in [5, 5.41) is 21.2. The van der Waals surface area contributed by atoms with Gasteiger partial charge in [0.2, 0.25) is 0 Å². The first-order chi connectivity index (χ1) is 14.4. The average Bonchev–Trinajstić information content (AvgIpc) is 3.22. The minimum Gasteiger partial charge on any atom is -0.396 e. The molecule has 2 heterocycles. The van der Waals surface area contributed by atoms with Gasteiger partial charge in [-0.3, -0.25) is 4.90 Å². The summed E-state index contributed by atoms with van der Waals surface area (Å²) in [6, 6.07) is 1.49. The molecule has 0 aromatic heterocycles. The average molecular weight is 414 g/mol. The van der Waals surface area contributed by atoms with Crippen molar-refractivity contribution in [2.24, 2.45) is 46.3 Å². The second-order valence-electron chi connectivity index (χ2n) is 12.7. The van der Waals surface area contributed by atoms with Crippen molar-refractivity contribution < 1.29 is 10.2 Å². The molecule has 2 aliphatic heterocycles. The van der Waals surface area contributed by atoms with Gasteiger partial charge in [-0.25, -0.2) is 0 Å². The lowest BCUT2D eigenvalue weighted by atomic mass is 9.46. The number of hydrogen-bond donors (Lipinski definition) is 2. The smallest absolute Gasteiger partial charge is 0.0577 e. The van der Waals surface area contributed by atoms with Gasteiger partial charge in [-0.2, -0.15) is 0 Å². The van der Waals surface area contributed by atoms with Crippen LogP contribution in [0, 0.1) is 46.3 Å². The highest BCUT2D eigenvalue weighted by Gasteiger charge is 2.67. The highest BCUT2D eigenvalue weighted by molar-refractivity contribution is 5.27. The maximum absolute atomic E-state index is 11.0. The van der Waals surface area contributed by atoms with E-state index < -0.39 is 0 Å². The Bertz CT molecular complexity index is 734. The Hall–Kier alpha value is -0.380. The number of aliphatic hydroxyl groups excluding tert-OH is 2. The van der Waals surface area contributed by atoms with Crippen molar-refractivity contribution in [2.75, 3.05) is 13.2 Å². The van der Waals surface area contributed by atoms with E-state index in [9.17, 15) is 10.2 Å². The summed E-state index contributed by atoms with van der Waals surface area (Å²) in [6.45, 7) is 9.20. The lowest BCUT2D eigenvalue weighted by Gasteiger charge is -2.58. The van der Waals surface area contributed by atoms with Gasteiger partial charge in [-0.15, -0.1) is 0 Å². The molecule has 0 aromatic carbocycles. The molecule has 3 nitrogen and oxygen atoms in total. The molecular weight excluding hydrogens is 370 g/mol. The molecule has 11 atom stereocenters. The van der Waals surface area contributed by atoms with Crippen LogP contribution in [-0.2, 0) is 0 Å². The first-order valence-electron chi connectivity index (χ1n) is 13.1. The van der Waals surface area contributed by atoms with Gasteiger partial charge >= 0.3 is 0 Å². The zero-order valence-electron chi connectivity index (χ0n) is 19.4. The molecule has 0 spiro atoms. The van der Waals surface area contributed by atoms with Crippen LogP contribution in [0.25, 0.3) is 0 Å². The predicted molar refractivity (Wildman–Crippen MR) is 120 cm³/mol. The highest BCUT2D eigenvalue weighted by atomic mass is 16.3. The molecule has 3 saturated carbocycles. The van der Waals surface area contributed by atoms with Crippen molar-refractivity contribution in [1.82, 2.24) is 4.90 Å². The van der Waals surface area contributed by atoms with Crippen molar-refractivity contribution in [3.8, 4) is 0 Å². The van der Waals surface area contributed by atoms with Gasteiger partial charge in [-0.05, 0) is 98.7 Å². The third-order valence-corrected chi connectivity index (χ3v) is 11.7. The largest absolute Gasteiger partial charge is 0.396 e. The van der Waals surface area contributed by atoms with E-state index in [1.165, 1.54) is 45.1 Å². The maximum Gasteiger partial charge on any atom is 0.0577 e. The van der Waals surface area contributed by atoms with E-state index in [1.807, 2.05) is 0 Å². The summed E-state index contributed by atoms with van der Waals surface area (Å²) in [7, 11) is 0. The standard InChI is InChI=1S/C27H43NO2/c1-16-4-7-23-17(2)25-24(28(23)14-16)13-22-20-6-5-18-12-19(30)8-10-26(18,3)21(20)9-11-27(22,25)15-29/h5,16-17,19-25,29-30H,4,6-15H2,1-3H3/t16-,17-,19-,20+,21-,22-,23-,24-,25-,26-,27+/m0/s1. The highest BCUT2D eigenvalue weighted by Crippen LogP contribution is 2.69. The molecule has 2 N–H and O–H groups in total. The van der Waals surface area contributed by atoms with Gasteiger partial charge in [0.15, 0.2) is 0 Å². The molecule has 6 aliphatic rings. The van der Waals surface area contributed by atoms with Crippen LogP contribution >= 0.6 is 0 Å². The van der Waals surface area contributed by atoms with Crippen molar-refractivity contribution in [1.29, 1.82) is 0 Å². The summed E-state index contributed by atoms with van der Waals surface area (Å²) in [4.78, 5) is 2.93. The topological polar surface area (TPSA) is 43.7 Å². The fraction of sp³-hybridized carbons (Fsp3) is 0.926. The lowest BCUT2D eigenvalue weighted by Crippen LogP contribution is -2.53. The SMILES string of the molecule is C[C@H]1CC[C@H]2[C@H](C)[C@H]3[C@H](C[C@H]4[C@@H]5CC=C6C[C@@H](O)CC[C@]6(C)[C@H]5CC[C@]34CO)N2C1. The van der Waals surface area contributed by atoms with Gasteiger partial charge in [0, 0.05) is 30.7 Å². The van der Waals surface area contributed by atoms with E-state index in [0.29, 0.717) is 23.9 Å². The first-order valence-corrected chi connectivity index (χ1v) is 13.1. The molecule has 0 bridgehead atoms. The Morgan fingerprint density at radius 1 is 1.07 bits per heavy atom. The van der Waals surface area contributed by atoms with Crippen LogP contribution in [0.5, 0.6) is 0 Å².